The van der Waals surface area contributed by atoms with Gasteiger partial charge in [0.1, 0.15) is 12.4 Å². The summed E-state index contributed by atoms with van der Waals surface area (Å²) in [6.07, 6.45) is 2.42. The molecule has 34 heavy (non-hydrogen) atoms. The maximum Gasteiger partial charge on any atom is 0.175 e. The van der Waals surface area contributed by atoms with Crippen LogP contribution in [0.5, 0.6) is 17.2 Å². The predicted octanol–water partition coefficient (Wildman–Crippen LogP) is 6.59. The molecule has 0 N–H and O–H groups in total. The highest BCUT2D eigenvalue weighted by atomic mass is 32.2. The molecule has 0 saturated heterocycles. The Hall–Kier alpha value is -3.12. The Bertz CT molecular complexity index is 1240. The topological polar surface area (TPSA) is 69.7 Å². The average Bonchev–Trinajstić information content (AvgIpc) is 2.78. The molecule has 0 fully saturated rings. The zero-order chi connectivity index (χ0) is 24.9. The van der Waals surface area contributed by atoms with Gasteiger partial charge in [0.15, 0.2) is 27.1 Å². The number of rotatable bonds is 9. The van der Waals surface area contributed by atoms with Crippen LogP contribution in [0.2, 0.25) is 0 Å². The van der Waals surface area contributed by atoms with Crippen molar-refractivity contribution in [1.29, 1.82) is 0 Å². The van der Waals surface area contributed by atoms with Crippen LogP contribution in [-0.2, 0) is 20.0 Å². The van der Waals surface area contributed by atoms with Crippen molar-refractivity contribution in [3.05, 3.63) is 72.3 Å². The molecule has 0 bridgehead atoms. The third kappa shape index (κ3) is 6.70. The number of carbonyl (C=O) groups excluding carboxylic acids is 1. The molecule has 180 valence electrons. The van der Waals surface area contributed by atoms with Crippen molar-refractivity contribution in [2.75, 3.05) is 12.9 Å². The van der Waals surface area contributed by atoms with Crippen LogP contribution in [0.25, 0.3) is 11.1 Å². The number of hydrogen-bond donors (Lipinski definition) is 0. The molecule has 0 radical (unpaired) electrons. The van der Waals surface area contributed by atoms with Gasteiger partial charge in [-0.2, -0.15) is 0 Å². The Morgan fingerprint density at radius 1 is 0.853 bits per heavy atom. The van der Waals surface area contributed by atoms with Gasteiger partial charge >= 0.3 is 0 Å². The molecule has 0 aliphatic heterocycles. The van der Waals surface area contributed by atoms with Crippen LogP contribution in [-0.4, -0.2) is 27.1 Å². The van der Waals surface area contributed by atoms with Crippen molar-refractivity contribution in [3.63, 3.8) is 0 Å². The Morgan fingerprint density at radius 3 is 2.03 bits per heavy atom. The van der Waals surface area contributed by atoms with Crippen molar-refractivity contribution in [2.24, 2.45) is 0 Å². The van der Waals surface area contributed by atoms with Crippen LogP contribution in [0, 0.1) is 0 Å². The average molecular weight is 481 g/mol. The van der Waals surface area contributed by atoms with Gasteiger partial charge in [0.2, 0.25) is 0 Å². The number of ether oxygens (including phenoxy) is 2. The molecule has 0 aliphatic carbocycles. The van der Waals surface area contributed by atoms with Gasteiger partial charge in [0.05, 0.1) is 4.90 Å². The molecule has 0 aliphatic rings. The van der Waals surface area contributed by atoms with Crippen molar-refractivity contribution in [1.82, 2.24) is 0 Å². The second-order valence-corrected chi connectivity index (χ2v) is 11.4. The van der Waals surface area contributed by atoms with Crippen LogP contribution in [0.1, 0.15) is 46.1 Å². The maximum absolute atomic E-state index is 12.0. The van der Waals surface area contributed by atoms with Gasteiger partial charge < -0.3 is 9.47 Å². The third-order valence-corrected chi connectivity index (χ3v) is 6.55. The molecule has 0 amide bonds. The van der Waals surface area contributed by atoms with E-state index in [1.807, 2.05) is 43.3 Å². The zero-order valence-corrected chi connectivity index (χ0v) is 21.2. The Kier molecular flexibility index (Phi) is 7.82. The van der Waals surface area contributed by atoms with Crippen molar-refractivity contribution in [2.45, 2.75) is 50.8 Å². The van der Waals surface area contributed by atoms with E-state index < -0.39 is 9.84 Å². The molecule has 0 aromatic heterocycles. The Morgan fingerprint density at radius 2 is 1.47 bits per heavy atom. The summed E-state index contributed by atoms with van der Waals surface area (Å²) in [5.74, 6) is 1.64. The lowest BCUT2D eigenvalue weighted by Crippen LogP contribution is -2.11. The highest BCUT2D eigenvalue weighted by Gasteiger charge is 2.15. The fraction of sp³-hybridized carbons (Fsp3) is 0.321. The monoisotopic (exact) mass is 480 g/mol. The van der Waals surface area contributed by atoms with Gasteiger partial charge in [0.25, 0.3) is 0 Å². The van der Waals surface area contributed by atoms with Gasteiger partial charge in [-0.3, -0.25) is 4.79 Å². The first-order valence-electron chi connectivity index (χ1n) is 11.3. The summed E-state index contributed by atoms with van der Waals surface area (Å²) in [7, 11) is -3.27. The molecule has 3 aromatic carbocycles. The van der Waals surface area contributed by atoms with Crippen LogP contribution < -0.4 is 9.47 Å². The highest BCUT2D eigenvalue weighted by Crippen LogP contribution is 2.37. The van der Waals surface area contributed by atoms with Crippen LogP contribution in [0.15, 0.2) is 71.6 Å². The highest BCUT2D eigenvalue weighted by molar-refractivity contribution is 7.90. The van der Waals surface area contributed by atoms with E-state index in [4.69, 9.17) is 9.47 Å². The molecular formula is C28H32O5S. The summed E-state index contributed by atoms with van der Waals surface area (Å²) in [4.78, 5) is 12.3. The second kappa shape index (κ2) is 10.4. The van der Waals surface area contributed by atoms with Crippen LogP contribution in [0.4, 0.5) is 0 Å². The van der Waals surface area contributed by atoms with E-state index in [9.17, 15) is 13.2 Å². The number of hydrogen-bond acceptors (Lipinski definition) is 5. The third-order valence-electron chi connectivity index (χ3n) is 5.43. The summed E-state index contributed by atoms with van der Waals surface area (Å²) in [6, 6.07) is 20.1. The minimum Gasteiger partial charge on any atom is -0.482 e. The smallest absolute Gasteiger partial charge is 0.175 e. The van der Waals surface area contributed by atoms with Gasteiger partial charge in [-0.25, -0.2) is 8.42 Å². The summed E-state index contributed by atoms with van der Waals surface area (Å²) < 4.78 is 35.5. The number of sulfone groups is 1. The van der Waals surface area contributed by atoms with E-state index in [0.717, 1.165) is 17.5 Å². The second-order valence-electron chi connectivity index (χ2n) is 9.41. The molecule has 6 heteroatoms. The lowest BCUT2D eigenvalue weighted by Gasteiger charge is -2.19. The van der Waals surface area contributed by atoms with Crippen molar-refractivity contribution >= 4 is 15.6 Å². The van der Waals surface area contributed by atoms with E-state index >= 15 is 0 Å². The minimum atomic E-state index is -3.27. The molecule has 0 atom stereocenters. The molecule has 3 aromatic rings. The SMILES string of the molecule is CCCC(=O)COc1ccc(-c2ccc(S(C)(=O)=O)cc2)cc1Oc1ccc(C(C)(C)C)cc1. The molecular weight excluding hydrogens is 448 g/mol. The minimum absolute atomic E-state index is 0.0183. The first-order chi connectivity index (χ1) is 16.0. The summed E-state index contributed by atoms with van der Waals surface area (Å²) in [6.45, 7) is 8.40. The number of carbonyl (C=O) groups is 1. The lowest BCUT2D eigenvalue weighted by molar-refractivity contribution is -0.121. The van der Waals surface area contributed by atoms with Crippen LogP contribution >= 0.6 is 0 Å². The van der Waals surface area contributed by atoms with Gasteiger partial charge in [0, 0.05) is 12.7 Å². The van der Waals surface area contributed by atoms with Crippen LogP contribution in [0.3, 0.4) is 0 Å². The quantitative estimate of drug-likeness (QED) is 0.345. The zero-order valence-electron chi connectivity index (χ0n) is 20.4. The molecule has 5 nitrogen and oxygen atoms in total. The number of benzene rings is 3. The fourth-order valence-corrected chi connectivity index (χ4v) is 4.07. The number of ketones is 1. The summed E-state index contributed by atoms with van der Waals surface area (Å²) in [5, 5.41) is 0. The maximum atomic E-state index is 12.0. The predicted molar refractivity (Wildman–Crippen MR) is 136 cm³/mol. The Labute approximate surface area is 202 Å². The standard InChI is InChI=1S/C28H32O5S/c1-6-7-23(29)19-32-26-17-10-21(20-8-15-25(16-9-20)34(5,30)31)18-27(26)33-24-13-11-22(12-14-24)28(2,3)4/h8-18H,6-7,19H2,1-5H3. The normalized spacial score (nSPS) is 11.8. The lowest BCUT2D eigenvalue weighted by atomic mass is 9.87. The van der Waals surface area contributed by atoms with Gasteiger partial charge in [-0.1, -0.05) is 58.0 Å². The van der Waals surface area contributed by atoms with E-state index in [-0.39, 0.29) is 22.7 Å². The first-order valence-corrected chi connectivity index (χ1v) is 13.2. The largest absolute Gasteiger partial charge is 0.482 e. The number of Topliss-reactive ketones (excluding diaryl/α,β-unsaturated/α-hetero) is 1. The summed E-state index contributed by atoms with van der Waals surface area (Å²) in [5.41, 5.74) is 2.91. The molecule has 0 unspecified atom stereocenters. The van der Waals surface area contributed by atoms with E-state index in [0.29, 0.717) is 23.7 Å². The van der Waals surface area contributed by atoms with E-state index in [1.54, 1.807) is 30.3 Å². The van der Waals surface area contributed by atoms with Gasteiger partial charge in [-0.15, -0.1) is 0 Å². The summed E-state index contributed by atoms with van der Waals surface area (Å²) >= 11 is 0. The van der Waals surface area contributed by atoms with Crippen molar-refractivity contribution in [3.8, 4) is 28.4 Å². The van der Waals surface area contributed by atoms with E-state index in [2.05, 4.69) is 20.8 Å². The van der Waals surface area contributed by atoms with E-state index in [1.165, 1.54) is 11.8 Å². The van der Waals surface area contributed by atoms with Crippen molar-refractivity contribution < 1.29 is 22.7 Å². The Balaban J connectivity index is 1.93. The first kappa shape index (κ1) is 25.5. The molecule has 0 heterocycles. The molecule has 0 spiro atoms. The van der Waals surface area contributed by atoms with Gasteiger partial charge in [-0.05, 0) is 64.9 Å². The molecule has 0 saturated carbocycles. The molecule has 3 rings (SSSR count). The fourth-order valence-electron chi connectivity index (χ4n) is 3.44.